The summed E-state index contributed by atoms with van der Waals surface area (Å²) in [6.45, 7) is 0. The Kier molecular flexibility index (Phi) is 3.62. The van der Waals surface area contributed by atoms with E-state index in [2.05, 4.69) is 14.8 Å². The maximum atomic E-state index is 10.5. The van der Waals surface area contributed by atoms with Gasteiger partial charge in [-0.25, -0.2) is 4.79 Å². The summed E-state index contributed by atoms with van der Waals surface area (Å²) in [5, 5.41) is 8.66. The van der Waals surface area contributed by atoms with Gasteiger partial charge in [-0.15, -0.1) is 0 Å². The van der Waals surface area contributed by atoms with Crippen molar-refractivity contribution in [1.82, 2.24) is 0 Å². The van der Waals surface area contributed by atoms with Crippen molar-refractivity contribution >= 4 is 31.0 Å². The molecule has 0 amide bonds. The highest BCUT2D eigenvalue weighted by atomic mass is 79.9. The van der Waals surface area contributed by atoms with Gasteiger partial charge in [0.2, 0.25) is 0 Å². The highest BCUT2D eigenvalue weighted by Gasteiger charge is 2.01. The van der Waals surface area contributed by atoms with Crippen molar-refractivity contribution in [2.24, 2.45) is 0 Å². The molecule has 0 saturated heterocycles. The molecule has 0 aliphatic rings. The van der Waals surface area contributed by atoms with Crippen molar-refractivity contribution < 1.29 is 9.90 Å². The second kappa shape index (κ2) is 4.52. The molecule has 0 unspecified atom stereocenters. The van der Waals surface area contributed by atoms with Gasteiger partial charge in [-0.05, 0) is 32.5 Å². The fraction of sp³-hybridized carbons (Fsp3) is 0.125. The van der Waals surface area contributed by atoms with Crippen LogP contribution in [-0.2, 0) is 5.75 Å². The molecule has 4 heteroatoms. The van der Waals surface area contributed by atoms with Gasteiger partial charge < -0.3 is 5.11 Å². The summed E-state index contributed by atoms with van der Waals surface area (Å²) in [7, 11) is 1.49. The van der Waals surface area contributed by atoms with Crippen LogP contribution in [0.5, 0.6) is 0 Å². The van der Waals surface area contributed by atoms with Crippen LogP contribution in [0.3, 0.4) is 0 Å². The molecule has 0 saturated carbocycles. The summed E-state index contributed by atoms with van der Waals surface area (Å²) >= 11 is 3.22. The van der Waals surface area contributed by atoms with Crippen LogP contribution < -0.4 is 0 Å². The molecule has 2 nitrogen and oxygen atoms in total. The SMILES string of the molecule is O=C(O)c1cccc(CSBr)c1. The molecule has 0 radical (unpaired) electrons. The molecule has 1 rings (SSSR count). The lowest BCUT2D eigenvalue weighted by molar-refractivity contribution is 0.0697. The van der Waals surface area contributed by atoms with Crippen molar-refractivity contribution in [2.75, 3.05) is 0 Å². The smallest absolute Gasteiger partial charge is 0.335 e. The molecule has 0 fully saturated rings. The van der Waals surface area contributed by atoms with E-state index in [1.54, 1.807) is 18.2 Å². The Labute approximate surface area is 82.2 Å². The van der Waals surface area contributed by atoms with E-state index in [-0.39, 0.29) is 0 Å². The Morgan fingerprint density at radius 3 is 2.92 bits per heavy atom. The van der Waals surface area contributed by atoms with Crippen molar-refractivity contribution in [1.29, 1.82) is 0 Å². The van der Waals surface area contributed by atoms with E-state index in [0.717, 1.165) is 11.3 Å². The standard InChI is InChI=1S/C8H7BrO2S/c9-12-5-6-2-1-3-7(4-6)8(10)11/h1-4H,5H2,(H,10,11). The second-order valence-corrected chi connectivity index (χ2v) is 4.14. The molecule has 0 spiro atoms. The number of carboxylic acid groups (broad SMARTS) is 1. The summed E-state index contributed by atoms with van der Waals surface area (Å²) in [5.41, 5.74) is 1.35. The van der Waals surface area contributed by atoms with E-state index in [0.29, 0.717) is 5.56 Å². The fourth-order valence-electron chi connectivity index (χ4n) is 0.857. The second-order valence-electron chi connectivity index (χ2n) is 2.26. The summed E-state index contributed by atoms with van der Waals surface area (Å²) in [4.78, 5) is 10.5. The summed E-state index contributed by atoms with van der Waals surface area (Å²) in [6, 6.07) is 6.92. The van der Waals surface area contributed by atoms with Gasteiger partial charge in [-0.3, -0.25) is 0 Å². The number of hydrogen-bond donors (Lipinski definition) is 1. The van der Waals surface area contributed by atoms with E-state index in [1.807, 2.05) is 6.07 Å². The Bertz CT molecular complexity index is 288. The number of halogens is 1. The van der Waals surface area contributed by atoms with Crippen LogP contribution in [0.2, 0.25) is 0 Å². The lowest BCUT2D eigenvalue weighted by Gasteiger charge is -1.98. The van der Waals surface area contributed by atoms with E-state index >= 15 is 0 Å². The molecule has 1 aromatic carbocycles. The quantitative estimate of drug-likeness (QED) is 0.892. The lowest BCUT2D eigenvalue weighted by Crippen LogP contribution is -1.96. The van der Waals surface area contributed by atoms with Crippen LogP contribution in [0.15, 0.2) is 24.3 Å². The molecule has 64 valence electrons. The Morgan fingerprint density at radius 1 is 1.58 bits per heavy atom. The largest absolute Gasteiger partial charge is 0.478 e. The van der Waals surface area contributed by atoms with Crippen LogP contribution in [0.25, 0.3) is 0 Å². The highest BCUT2D eigenvalue weighted by Crippen LogP contribution is 2.18. The monoisotopic (exact) mass is 246 g/mol. The summed E-state index contributed by atoms with van der Waals surface area (Å²) in [6.07, 6.45) is 0. The molecule has 0 bridgehead atoms. The Balaban J connectivity index is 2.88. The van der Waals surface area contributed by atoms with E-state index in [1.165, 1.54) is 10.2 Å². The zero-order valence-electron chi connectivity index (χ0n) is 6.16. The van der Waals surface area contributed by atoms with Crippen molar-refractivity contribution in [3.8, 4) is 0 Å². The van der Waals surface area contributed by atoms with Crippen LogP contribution in [-0.4, -0.2) is 11.1 Å². The van der Waals surface area contributed by atoms with Gasteiger partial charge in [0, 0.05) is 5.75 Å². The third kappa shape index (κ3) is 2.53. The molecule has 0 aliphatic heterocycles. The van der Waals surface area contributed by atoms with Crippen LogP contribution in [0.1, 0.15) is 15.9 Å². The van der Waals surface area contributed by atoms with Crippen molar-refractivity contribution in [3.05, 3.63) is 35.4 Å². The van der Waals surface area contributed by atoms with Gasteiger partial charge in [-0.2, -0.15) is 0 Å². The van der Waals surface area contributed by atoms with Gasteiger partial charge in [0.1, 0.15) is 0 Å². The van der Waals surface area contributed by atoms with Gasteiger partial charge >= 0.3 is 5.97 Å². The molecule has 1 aromatic rings. The summed E-state index contributed by atoms with van der Waals surface area (Å²) < 4.78 is 0. The fourth-order valence-corrected chi connectivity index (χ4v) is 1.96. The third-order valence-electron chi connectivity index (χ3n) is 1.40. The number of aromatic carboxylic acids is 1. The van der Waals surface area contributed by atoms with Crippen LogP contribution >= 0.6 is 25.0 Å². The van der Waals surface area contributed by atoms with Crippen LogP contribution in [0.4, 0.5) is 0 Å². The van der Waals surface area contributed by atoms with E-state index in [4.69, 9.17) is 5.11 Å². The molecule has 1 N–H and O–H groups in total. The van der Waals surface area contributed by atoms with E-state index in [9.17, 15) is 4.79 Å². The molecule has 0 heterocycles. The van der Waals surface area contributed by atoms with Gasteiger partial charge in [-0.1, -0.05) is 22.3 Å². The topological polar surface area (TPSA) is 37.3 Å². The average Bonchev–Trinajstić information content (AvgIpc) is 2.05. The van der Waals surface area contributed by atoms with Gasteiger partial charge in [0.05, 0.1) is 5.56 Å². The molecule has 0 aromatic heterocycles. The van der Waals surface area contributed by atoms with Crippen LogP contribution in [0, 0.1) is 0 Å². The number of rotatable bonds is 3. The molecule has 12 heavy (non-hydrogen) atoms. The normalized spacial score (nSPS) is 9.75. The van der Waals surface area contributed by atoms with Gasteiger partial charge in [0.15, 0.2) is 0 Å². The molecular formula is C8H7BrO2S. The maximum absolute atomic E-state index is 10.5. The lowest BCUT2D eigenvalue weighted by atomic mass is 10.1. The first-order valence-electron chi connectivity index (χ1n) is 3.30. The number of carboxylic acids is 1. The molecule has 0 aliphatic carbocycles. The first kappa shape index (κ1) is 9.61. The minimum atomic E-state index is -0.878. The highest BCUT2D eigenvalue weighted by molar-refractivity contribution is 9.50. The number of hydrogen-bond acceptors (Lipinski definition) is 2. The van der Waals surface area contributed by atoms with E-state index < -0.39 is 5.97 Å². The summed E-state index contributed by atoms with van der Waals surface area (Å²) in [5.74, 6) is -0.0994. The zero-order chi connectivity index (χ0) is 8.97. The minimum absolute atomic E-state index is 0.342. The number of benzene rings is 1. The predicted molar refractivity (Wildman–Crippen MR) is 53.6 cm³/mol. The zero-order valence-corrected chi connectivity index (χ0v) is 8.56. The first-order valence-corrected chi connectivity index (χ1v) is 6.12. The minimum Gasteiger partial charge on any atom is -0.478 e. The van der Waals surface area contributed by atoms with Crippen molar-refractivity contribution in [3.63, 3.8) is 0 Å². The average molecular weight is 247 g/mol. The van der Waals surface area contributed by atoms with Gasteiger partial charge in [0.25, 0.3) is 0 Å². The predicted octanol–water partition coefficient (Wildman–Crippen LogP) is 2.93. The van der Waals surface area contributed by atoms with Crippen molar-refractivity contribution in [2.45, 2.75) is 5.75 Å². The molecule has 0 atom stereocenters. The third-order valence-corrected chi connectivity index (χ3v) is 2.52. The number of carbonyl (C=O) groups is 1. The maximum Gasteiger partial charge on any atom is 0.335 e. The first-order chi connectivity index (χ1) is 5.74. The Hall–Kier alpha value is -0.480. The Morgan fingerprint density at radius 2 is 2.33 bits per heavy atom. The molecular weight excluding hydrogens is 240 g/mol.